The lowest BCUT2D eigenvalue weighted by Crippen LogP contribution is -2.51. The Labute approximate surface area is 120 Å². The summed E-state index contributed by atoms with van der Waals surface area (Å²) in [4.78, 5) is 11.2. The Bertz CT molecular complexity index is 341. The Hall–Kier alpha value is -0.153. The van der Waals surface area contributed by atoms with Gasteiger partial charge in [-0.3, -0.25) is 0 Å². The van der Waals surface area contributed by atoms with Crippen molar-refractivity contribution in [3.8, 4) is 0 Å². The lowest BCUT2D eigenvalue weighted by Gasteiger charge is -2.46. The van der Waals surface area contributed by atoms with Crippen molar-refractivity contribution in [2.75, 3.05) is 0 Å². The molecule has 0 saturated heterocycles. The van der Waals surface area contributed by atoms with Crippen LogP contribution < -0.4 is 0 Å². The quantitative estimate of drug-likeness (QED) is 0.548. The van der Waals surface area contributed by atoms with Crippen molar-refractivity contribution < 1.29 is 9.22 Å². The molecule has 3 heteroatoms. The number of hydrogen-bond donors (Lipinski definition) is 0. The molecule has 0 amide bonds. The number of carbonyl (C=O) groups excluding carboxylic acids is 1. The third-order valence-electron chi connectivity index (χ3n) is 5.23. The van der Waals surface area contributed by atoms with Crippen LogP contribution in [0.25, 0.3) is 0 Å². The normalized spacial score (nSPS) is 31.5. The third kappa shape index (κ3) is 3.49. The molecule has 0 heterocycles. The molecule has 1 rings (SSSR count). The molecule has 0 aromatic rings. The highest BCUT2D eigenvalue weighted by atomic mass is 28.4. The van der Waals surface area contributed by atoms with Gasteiger partial charge in [-0.25, -0.2) is 0 Å². The summed E-state index contributed by atoms with van der Waals surface area (Å²) in [6, 6.07) is 0. The van der Waals surface area contributed by atoms with Crippen molar-refractivity contribution in [3.63, 3.8) is 0 Å². The van der Waals surface area contributed by atoms with Gasteiger partial charge in [-0.1, -0.05) is 41.5 Å². The lowest BCUT2D eigenvalue weighted by molar-refractivity contribution is -0.113. The number of carbonyl (C=O) groups is 1. The standard InChI is InChI=1S/C16H32O2Si/c1-13-11-15(5,6)12-16(13,9-10-17)18-19(7,8)14(2,3)4/h10,13H,9,11-12H2,1-8H3/t13-,16-/m1/s1. The molecule has 0 aromatic heterocycles. The predicted molar refractivity (Wildman–Crippen MR) is 83.9 cm³/mol. The monoisotopic (exact) mass is 284 g/mol. The molecular formula is C16H32O2Si. The topological polar surface area (TPSA) is 26.3 Å². The first-order valence-electron chi connectivity index (χ1n) is 7.49. The van der Waals surface area contributed by atoms with Crippen LogP contribution in [0.1, 0.15) is 60.8 Å². The average Bonchev–Trinajstić information content (AvgIpc) is 2.33. The molecule has 1 aliphatic rings. The van der Waals surface area contributed by atoms with E-state index in [9.17, 15) is 4.79 Å². The number of aldehydes is 1. The van der Waals surface area contributed by atoms with Gasteiger partial charge in [0.05, 0.1) is 5.60 Å². The minimum atomic E-state index is -1.84. The summed E-state index contributed by atoms with van der Waals surface area (Å²) in [5.41, 5.74) is 0.0546. The smallest absolute Gasteiger partial charge is 0.192 e. The molecule has 0 unspecified atom stereocenters. The van der Waals surface area contributed by atoms with E-state index in [1.165, 1.54) is 0 Å². The first-order chi connectivity index (χ1) is 8.35. The summed E-state index contributed by atoms with van der Waals surface area (Å²) >= 11 is 0. The van der Waals surface area contributed by atoms with E-state index < -0.39 is 8.32 Å². The third-order valence-corrected chi connectivity index (χ3v) is 9.76. The van der Waals surface area contributed by atoms with Gasteiger partial charge < -0.3 is 9.22 Å². The summed E-state index contributed by atoms with van der Waals surface area (Å²) in [7, 11) is -1.84. The number of hydrogen-bond acceptors (Lipinski definition) is 2. The Balaban J connectivity index is 3.06. The van der Waals surface area contributed by atoms with E-state index in [2.05, 4.69) is 54.6 Å². The van der Waals surface area contributed by atoms with Crippen LogP contribution in [0.3, 0.4) is 0 Å². The largest absolute Gasteiger partial charge is 0.411 e. The average molecular weight is 285 g/mol. The highest BCUT2D eigenvalue weighted by Gasteiger charge is 2.53. The van der Waals surface area contributed by atoms with E-state index in [1.54, 1.807) is 0 Å². The van der Waals surface area contributed by atoms with Crippen molar-refractivity contribution >= 4 is 14.6 Å². The molecule has 1 fully saturated rings. The Morgan fingerprint density at radius 3 is 2.16 bits per heavy atom. The lowest BCUT2D eigenvalue weighted by atomic mass is 9.87. The molecule has 1 saturated carbocycles. The maximum atomic E-state index is 11.2. The maximum Gasteiger partial charge on any atom is 0.192 e. The highest BCUT2D eigenvalue weighted by Crippen LogP contribution is 2.53. The minimum Gasteiger partial charge on any atom is -0.411 e. The SMILES string of the molecule is C[C@@H]1CC(C)(C)C[C@@]1(CC=O)O[Si](C)(C)C(C)(C)C. The van der Waals surface area contributed by atoms with Crippen LogP contribution in [0.2, 0.25) is 18.1 Å². The summed E-state index contributed by atoms with van der Waals surface area (Å²) in [6.07, 6.45) is 3.76. The second-order valence-corrected chi connectivity index (χ2v) is 13.5. The van der Waals surface area contributed by atoms with Crippen molar-refractivity contribution in [2.45, 2.75) is 84.5 Å². The second kappa shape index (κ2) is 4.99. The van der Waals surface area contributed by atoms with E-state index in [0.717, 1.165) is 19.1 Å². The molecule has 0 bridgehead atoms. The van der Waals surface area contributed by atoms with Gasteiger partial charge in [0, 0.05) is 6.42 Å². The van der Waals surface area contributed by atoms with Crippen LogP contribution in [0.4, 0.5) is 0 Å². The maximum absolute atomic E-state index is 11.2. The van der Waals surface area contributed by atoms with Crippen molar-refractivity contribution in [2.24, 2.45) is 11.3 Å². The van der Waals surface area contributed by atoms with E-state index in [4.69, 9.17) is 4.43 Å². The molecule has 0 aromatic carbocycles. The predicted octanol–water partition coefficient (Wildman–Crippen LogP) is 4.79. The summed E-state index contributed by atoms with van der Waals surface area (Å²) in [5, 5.41) is 0.190. The van der Waals surface area contributed by atoms with Crippen LogP contribution in [0.5, 0.6) is 0 Å². The van der Waals surface area contributed by atoms with Gasteiger partial charge in [0.25, 0.3) is 0 Å². The van der Waals surface area contributed by atoms with Crippen molar-refractivity contribution in [1.82, 2.24) is 0 Å². The van der Waals surface area contributed by atoms with Gasteiger partial charge in [0.2, 0.25) is 0 Å². The fourth-order valence-corrected chi connectivity index (χ4v) is 5.00. The molecule has 0 radical (unpaired) electrons. The van der Waals surface area contributed by atoms with Gasteiger partial charge in [-0.05, 0) is 42.3 Å². The fourth-order valence-electron chi connectivity index (χ4n) is 3.33. The first-order valence-corrected chi connectivity index (χ1v) is 10.4. The first kappa shape index (κ1) is 16.9. The minimum absolute atomic E-state index is 0.190. The van der Waals surface area contributed by atoms with Crippen LogP contribution >= 0.6 is 0 Å². The van der Waals surface area contributed by atoms with Crippen LogP contribution in [0.15, 0.2) is 0 Å². The molecule has 0 N–H and O–H groups in total. The molecule has 2 nitrogen and oxygen atoms in total. The van der Waals surface area contributed by atoms with E-state index in [1.807, 2.05) is 0 Å². The van der Waals surface area contributed by atoms with Gasteiger partial charge in [0.15, 0.2) is 8.32 Å². The van der Waals surface area contributed by atoms with E-state index in [0.29, 0.717) is 12.3 Å². The molecule has 1 aliphatic carbocycles. The Kier molecular flexibility index (Phi) is 4.44. The summed E-state index contributed by atoms with van der Waals surface area (Å²) in [6.45, 7) is 18.2. The summed E-state index contributed by atoms with van der Waals surface area (Å²) in [5.74, 6) is 0.460. The van der Waals surface area contributed by atoms with E-state index >= 15 is 0 Å². The van der Waals surface area contributed by atoms with Crippen molar-refractivity contribution in [3.05, 3.63) is 0 Å². The highest BCUT2D eigenvalue weighted by molar-refractivity contribution is 6.74. The molecule has 0 aliphatic heterocycles. The fraction of sp³-hybridized carbons (Fsp3) is 0.938. The van der Waals surface area contributed by atoms with Crippen LogP contribution in [0, 0.1) is 11.3 Å². The van der Waals surface area contributed by atoms with Gasteiger partial charge in [0.1, 0.15) is 6.29 Å². The zero-order valence-corrected chi connectivity index (χ0v) is 15.1. The molecule has 0 spiro atoms. The van der Waals surface area contributed by atoms with Crippen LogP contribution in [-0.2, 0) is 9.22 Å². The zero-order chi connectivity index (χ0) is 15.1. The van der Waals surface area contributed by atoms with Crippen molar-refractivity contribution in [1.29, 1.82) is 0 Å². The second-order valence-electron chi connectivity index (χ2n) is 8.74. The van der Waals surface area contributed by atoms with Gasteiger partial charge >= 0.3 is 0 Å². The van der Waals surface area contributed by atoms with E-state index in [-0.39, 0.29) is 16.1 Å². The number of rotatable bonds is 4. The Morgan fingerprint density at radius 2 is 1.84 bits per heavy atom. The molecule has 112 valence electrons. The van der Waals surface area contributed by atoms with Gasteiger partial charge in [-0.2, -0.15) is 0 Å². The van der Waals surface area contributed by atoms with Gasteiger partial charge in [-0.15, -0.1) is 0 Å². The molecular weight excluding hydrogens is 252 g/mol. The zero-order valence-electron chi connectivity index (χ0n) is 14.1. The van der Waals surface area contributed by atoms with Crippen LogP contribution in [-0.4, -0.2) is 20.2 Å². The molecule has 19 heavy (non-hydrogen) atoms. The Morgan fingerprint density at radius 1 is 1.32 bits per heavy atom. The summed E-state index contributed by atoms with van der Waals surface area (Å²) < 4.78 is 6.75. The molecule has 2 atom stereocenters.